The minimum Gasteiger partial charge on any atom is -0.472 e. The second-order valence-electron chi connectivity index (χ2n) is 10.0. The van der Waals surface area contributed by atoms with Crippen LogP contribution in [0.1, 0.15) is 36.8 Å². The van der Waals surface area contributed by atoms with E-state index in [1.807, 2.05) is 36.7 Å². The van der Waals surface area contributed by atoms with Crippen LogP contribution in [0.2, 0.25) is 39.3 Å². The monoisotopic (exact) mass is 568 g/mol. The predicted octanol–water partition coefficient (Wildman–Crippen LogP) is 9.13. The largest absolute Gasteiger partial charge is 2.00 e. The van der Waals surface area contributed by atoms with E-state index in [0.29, 0.717) is 0 Å². The topological polar surface area (TPSA) is 54.0 Å². The zero-order chi connectivity index (χ0) is 24.0. The summed E-state index contributed by atoms with van der Waals surface area (Å²) in [5, 5.41) is 0. The van der Waals surface area contributed by atoms with Crippen LogP contribution < -0.4 is 0 Å². The Labute approximate surface area is 217 Å². The Kier molecular flexibility index (Phi) is 15.4. The average Bonchev–Trinajstić information content (AvgIpc) is 2.59. The zero-order valence-electron chi connectivity index (χ0n) is 21.7. The normalized spacial score (nSPS) is 15.0. The van der Waals surface area contributed by atoms with E-state index in [1.54, 1.807) is 0 Å². The van der Waals surface area contributed by atoms with Gasteiger partial charge < -0.3 is 19.9 Å². The summed E-state index contributed by atoms with van der Waals surface area (Å²) < 4.78 is 0. The van der Waals surface area contributed by atoms with E-state index < -0.39 is 16.5 Å². The quantitative estimate of drug-likeness (QED) is 0.273. The first kappa shape index (κ1) is 31.4. The van der Waals surface area contributed by atoms with Gasteiger partial charge in [-0.3, -0.25) is 0 Å². The van der Waals surface area contributed by atoms with Crippen molar-refractivity contribution in [3.05, 3.63) is 82.1 Å². The molecule has 0 spiro atoms. The van der Waals surface area contributed by atoms with Gasteiger partial charge in [0.05, 0.1) is 0 Å². The van der Waals surface area contributed by atoms with E-state index >= 15 is 0 Å². The third kappa shape index (κ3) is 18.5. The van der Waals surface area contributed by atoms with Gasteiger partial charge >= 0.3 is 19.5 Å². The molecule has 182 valence electrons. The molecule has 0 aliphatic heterocycles. The number of hydrogen-bond donors (Lipinski definition) is 0. The van der Waals surface area contributed by atoms with Crippen LogP contribution in [-0.2, 0) is 19.5 Å². The van der Waals surface area contributed by atoms with Gasteiger partial charge in [0, 0.05) is 16.5 Å². The Balaban J connectivity index is 0.000000468. The molecule has 0 amide bonds. The van der Waals surface area contributed by atoms with Crippen LogP contribution in [0.4, 0.5) is 11.6 Å². The van der Waals surface area contributed by atoms with Gasteiger partial charge in [0.25, 0.3) is 0 Å². The fourth-order valence-corrected chi connectivity index (χ4v) is 4.33. The van der Waals surface area contributed by atoms with Crippen molar-refractivity contribution in [1.29, 1.82) is 0 Å². The minimum atomic E-state index is -1.36. The second-order valence-corrected chi connectivity index (χ2v) is 19.2. The molecule has 4 nitrogen and oxygen atoms in total. The van der Waals surface area contributed by atoms with E-state index in [1.165, 1.54) is 36.8 Å². The average molecular weight is 568 g/mol. The van der Waals surface area contributed by atoms with Crippen molar-refractivity contribution in [3.63, 3.8) is 0 Å². The fraction of sp³-hybridized carbons (Fsp3) is 0.462. The molecule has 7 heteroatoms. The van der Waals surface area contributed by atoms with Crippen molar-refractivity contribution in [2.75, 3.05) is 0 Å². The number of aromatic nitrogens is 2. The molecule has 0 bridgehead atoms. The van der Waals surface area contributed by atoms with Crippen molar-refractivity contribution >= 4 is 28.1 Å². The fourth-order valence-electron chi connectivity index (χ4n) is 2.71. The molecule has 2 aromatic heterocycles. The molecule has 0 fully saturated rings. The van der Waals surface area contributed by atoms with Gasteiger partial charge in [-0.15, -0.1) is 0 Å². The van der Waals surface area contributed by atoms with Crippen LogP contribution in [0.3, 0.4) is 0 Å². The number of pyridine rings is 2. The Morgan fingerprint density at radius 3 is 1.15 bits per heavy atom. The van der Waals surface area contributed by atoms with Crippen LogP contribution in [-0.4, -0.2) is 26.4 Å². The number of hydrogen-bond acceptors (Lipinski definition) is 2. The summed E-state index contributed by atoms with van der Waals surface area (Å²) in [5.41, 5.74) is 2.45. The van der Waals surface area contributed by atoms with Crippen LogP contribution >= 0.6 is 0 Å². The Morgan fingerprint density at radius 1 is 0.606 bits per heavy atom. The van der Waals surface area contributed by atoms with Crippen LogP contribution in [0, 0.1) is 13.8 Å². The molecule has 0 saturated heterocycles. The van der Waals surface area contributed by atoms with E-state index in [9.17, 15) is 0 Å². The van der Waals surface area contributed by atoms with Gasteiger partial charge in [-0.05, 0) is 39.5 Å². The maximum Gasteiger partial charge on any atom is 2.00 e. The molecule has 2 aromatic rings. The van der Waals surface area contributed by atoms with Gasteiger partial charge in [-0.2, -0.15) is 0 Å². The first-order valence-electron chi connectivity index (χ1n) is 11.6. The van der Waals surface area contributed by atoms with Gasteiger partial charge in [-0.1, -0.05) is 123 Å². The van der Waals surface area contributed by atoms with Crippen LogP contribution in [0.15, 0.2) is 61.0 Å². The van der Waals surface area contributed by atoms with Gasteiger partial charge in [0.1, 0.15) is 0 Å². The molecular formula is C26H42N4RuSi2. The van der Waals surface area contributed by atoms with E-state index in [4.69, 9.17) is 0 Å². The molecule has 0 saturated carbocycles. The summed E-state index contributed by atoms with van der Waals surface area (Å²) in [6.45, 7) is 17.4. The van der Waals surface area contributed by atoms with Gasteiger partial charge in [-0.25, -0.2) is 0 Å². The second kappa shape index (κ2) is 16.1. The molecule has 1 aliphatic rings. The maximum atomic E-state index is 4.58. The van der Waals surface area contributed by atoms with Crippen molar-refractivity contribution in [2.24, 2.45) is 0 Å². The van der Waals surface area contributed by atoms with E-state index in [2.05, 4.69) is 97.4 Å². The van der Waals surface area contributed by atoms with Gasteiger partial charge in [0.2, 0.25) is 0 Å². The standard InChI is InChI=1S/2C9H15N2Si.C8H12.Ru/c2*1-8-5-6-10-9(7-8)11-12(2,3)4;1-2-4-6-8-7-5-3-1;/h2*5-7H,1-4H3;1-2,7-8H,3-6H2;/q2*-1;;+2/b;;2-1-,8-7-;. The molecular weight excluding hydrogens is 526 g/mol. The van der Waals surface area contributed by atoms with E-state index in [0.717, 1.165) is 11.6 Å². The maximum absolute atomic E-state index is 4.58. The van der Waals surface area contributed by atoms with E-state index in [-0.39, 0.29) is 19.5 Å². The number of aryl methyl sites for hydroxylation is 2. The third-order valence-electron chi connectivity index (χ3n) is 4.04. The minimum absolute atomic E-state index is 0. The SMILES string of the molecule is C1=C\CC/C=C\CC/1.Cc1ccnc([N-][Si](C)(C)C)c1.Cc1ccnc([N-][Si](C)(C)C)c1.[Ru+2]. The molecule has 0 unspecified atom stereocenters. The molecule has 0 N–H and O–H groups in total. The smallest absolute Gasteiger partial charge is 0.472 e. The Hall–Kier alpha value is -1.56. The van der Waals surface area contributed by atoms with Crippen molar-refractivity contribution in [1.82, 2.24) is 9.97 Å². The van der Waals surface area contributed by atoms with Crippen LogP contribution in [0.25, 0.3) is 9.96 Å². The summed E-state index contributed by atoms with van der Waals surface area (Å²) in [4.78, 5) is 17.5. The summed E-state index contributed by atoms with van der Waals surface area (Å²) in [6.07, 6.45) is 17.6. The Morgan fingerprint density at radius 2 is 0.909 bits per heavy atom. The number of nitrogens with zero attached hydrogens (tertiary/aromatic N) is 4. The number of rotatable bonds is 4. The molecule has 33 heavy (non-hydrogen) atoms. The third-order valence-corrected chi connectivity index (χ3v) is 5.84. The van der Waals surface area contributed by atoms with Crippen molar-refractivity contribution < 1.29 is 19.5 Å². The molecule has 3 rings (SSSR count). The predicted molar refractivity (Wildman–Crippen MR) is 147 cm³/mol. The summed E-state index contributed by atoms with van der Waals surface area (Å²) in [7, 11) is -2.72. The molecule has 0 aromatic carbocycles. The van der Waals surface area contributed by atoms with Gasteiger partial charge in [0.15, 0.2) is 0 Å². The molecule has 0 radical (unpaired) electrons. The number of allylic oxidation sites excluding steroid dienone is 4. The molecule has 2 heterocycles. The van der Waals surface area contributed by atoms with Crippen LogP contribution in [0.5, 0.6) is 0 Å². The summed E-state index contributed by atoms with van der Waals surface area (Å²) in [6, 6.07) is 8.03. The molecule has 0 atom stereocenters. The summed E-state index contributed by atoms with van der Waals surface area (Å²) >= 11 is 0. The Bertz CT molecular complexity index is 772. The van der Waals surface area contributed by atoms with Crippen molar-refractivity contribution in [2.45, 2.75) is 78.8 Å². The van der Waals surface area contributed by atoms with Crippen molar-refractivity contribution in [3.8, 4) is 0 Å². The first-order valence-corrected chi connectivity index (χ1v) is 18.5. The summed E-state index contributed by atoms with van der Waals surface area (Å²) in [5.74, 6) is 1.77. The first-order chi connectivity index (χ1) is 14.9. The molecule has 1 aliphatic carbocycles. The zero-order valence-corrected chi connectivity index (χ0v) is 25.5.